The van der Waals surface area contributed by atoms with Crippen molar-refractivity contribution >= 4 is 23.4 Å². The SMILES string of the molecule is O=C1CCC(N2Cc3c(cccc3N3CCN(C4CCNCC4)CC3)C2=O)C(=O)N1. The van der Waals surface area contributed by atoms with Gasteiger partial charge in [-0.15, -0.1) is 0 Å². The van der Waals surface area contributed by atoms with Crippen molar-refractivity contribution < 1.29 is 14.4 Å². The summed E-state index contributed by atoms with van der Waals surface area (Å²) in [6.07, 6.45) is 3.11. The van der Waals surface area contributed by atoms with Crippen molar-refractivity contribution in [2.45, 2.75) is 44.3 Å². The maximum absolute atomic E-state index is 13.0. The van der Waals surface area contributed by atoms with Crippen molar-refractivity contribution in [1.29, 1.82) is 0 Å². The monoisotopic (exact) mass is 411 g/mol. The van der Waals surface area contributed by atoms with Crippen LogP contribution in [0, 0.1) is 0 Å². The Kier molecular flexibility index (Phi) is 5.20. The van der Waals surface area contributed by atoms with Crippen molar-refractivity contribution in [1.82, 2.24) is 20.4 Å². The minimum absolute atomic E-state index is 0.102. The largest absolute Gasteiger partial charge is 0.369 e. The zero-order valence-corrected chi connectivity index (χ0v) is 17.2. The number of rotatable bonds is 3. The average Bonchev–Trinajstić information content (AvgIpc) is 3.11. The van der Waals surface area contributed by atoms with Crippen LogP contribution in [0.15, 0.2) is 18.2 Å². The first-order valence-electron chi connectivity index (χ1n) is 11.1. The van der Waals surface area contributed by atoms with E-state index in [1.165, 1.54) is 12.8 Å². The van der Waals surface area contributed by atoms with Gasteiger partial charge < -0.3 is 15.1 Å². The summed E-state index contributed by atoms with van der Waals surface area (Å²) >= 11 is 0. The number of benzene rings is 1. The van der Waals surface area contributed by atoms with E-state index in [4.69, 9.17) is 0 Å². The molecule has 8 nitrogen and oxygen atoms in total. The van der Waals surface area contributed by atoms with Gasteiger partial charge in [-0.1, -0.05) is 6.07 Å². The van der Waals surface area contributed by atoms with E-state index < -0.39 is 6.04 Å². The van der Waals surface area contributed by atoms with Crippen LogP contribution in [0.1, 0.15) is 41.6 Å². The summed E-state index contributed by atoms with van der Waals surface area (Å²) in [6, 6.07) is 6.02. The van der Waals surface area contributed by atoms with E-state index in [-0.39, 0.29) is 24.1 Å². The topological polar surface area (TPSA) is 85.0 Å². The minimum Gasteiger partial charge on any atom is -0.369 e. The predicted octanol–water partition coefficient (Wildman–Crippen LogP) is 0.322. The van der Waals surface area contributed by atoms with Gasteiger partial charge >= 0.3 is 0 Å². The number of piperidine rings is 2. The minimum atomic E-state index is -0.563. The lowest BCUT2D eigenvalue weighted by molar-refractivity contribution is -0.136. The lowest BCUT2D eigenvalue weighted by Gasteiger charge is -2.42. The summed E-state index contributed by atoms with van der Waals surface area (Å²) in [5, 5.41) is 5.81. The van der Waals surface area contributed by atoms with Gasteiger partial charge in [0, 0.05) is 62.0 Å². The zero-order chi connectivity index (χ0) is 20.7. The standard InChI is InChI=1S/C22H29N5O3/c28-20-5-4-19(21(29)24-20)27-14-17-16(22(27)30)2-1-3-18(17)26-12-10-25(11-13-26)15-6-8-23-9-7-15/h1-3,15,19,23H,4-14H2,(H,24,28,29). The lowest BCUT2D eigenvalue weighted by atomic mass is 10.0. The molecule has 3 fully saturated rings. The fourth-order valence-electron chi connectivity index (χ4n) is 5.37. The Balaban J connectivity index is 1.30. The van der Waals surface area contributed by atoms with Gasteiger partial charge in [0.15, 0.2) is 0 Å². The number of carbonyl (C=O) groups is 3. The highest BCUT2D eigenvalue weighted by Gasteiger charge is 2.40. The zero-order valence-electron chi connectivity index (χ0n) is 17.2. The fraction of sp³-hybridized carbons (Fsp3) is 0.591. The molecule has 4 aliphatic heterocycles. The third kappa shape index (κ3) is 3.48. The van der Waals surface area contributed by atoms with Gasteiger partial charge in [0.05, 0.1) is 0 Å². The molecule has 5 rings (SSSR count). The molecule has 0 spiro atoms. The Morgan fingerprint density at radius 2 is 1.70 bits per heavy atom. The average molecular weight is 412 g/mol. The second-order valence-electron chi connectivity index (χ2n) is 8.71. The van der Waals surface area contributed by atoms with E-state index in [0.29, 0.717) is 24.6 Å². The lowest BCUT2D eigenvalue weighted by Crippen LogP contribution is -2.53. The number of anilines is 1. The third-order valence-corrected chi connectivity index (χ3v) is 7.04. The second-order valence-corrected chi connectivity index (χ2v) is 8.71. The maximum Gasteiger partial charge on any atom is 0.255 e. The van der Waals surface area contributed by atoms with Crippen molar-refractivity contribution in [3.63, 3.8) is 0 Å². The van der Waals surface area contributed by atoms with Gasteiger partial charge in [-0.25, -0.2) is 0 Å². The van der Waals surface area contributed by atoms with Gasteiger partial charge in [-0.2, -0.15) is 0 Å². The number of nitrogens with one attached hydrogen (secondary N) is 2. The highest BCUT2D eigenvalue weighted by Crippen LogP contribution is 2.34. The number of carbonyl (C=O) groups excluding carboxylic acids is 3. The van der Waals surface area contributed by atoms with Crippen LogP contribution < -0.4 is 15.5 Å². The molecule has 1 atom stereocenters. The quantitative estimate of drug-likeness (QED) is 0.697. The molecule has 0 radical (unpaired) electrons. The van der Waals surface area contributed by atoms with Gasteiger partial charge in [-0.3, -0.25) is 24.6 Å². The number of imide groups is 1. The van der Waals surface area contributed by atoms with E-state index in [1.807, 2.05) is 12.1 Å². The molecule has 3 saturated heterocycles. The smallest absolute Gasteiger partial charge is 0.255 e. The van der Waals surface area contributed by atoms with Gasteiger partial charge in [0.2, 0.25) is 11.8 Å². The van der Waals surface area contributed by atoms with E-state index in [1.54, 1.807) is 4.90 Å². The van der Waals surface area contributed by atoms with Gasteiger partial charge in [-0.05, 0) is 44.5 Å². The molecule has 30 heavy (non-hydrogen) atoms. The van der Waals surface area contributed by atoms with Crippen molar-refractivity contribution in [3.05, 3.63) is 29.3 Å². The molecular formula is C22H29N5O3. The third-order valence-electron chi connectivity index (χ3n) is 7.04. The molecule has 160 valence electrons. The van der Waals surface area contributed by atoms with Gasteiger partial charge in [0.1, 0.15) is 6.04 Å². The molecule has 1 aromatic rings. The number of hydrogen-bond acceptors (Lipinski definition) is 6. The van der Waals surface area contributed by atoms with Crippen molar-refractivity contribution in [2.24, 2.45) is 0 Å². The summed E-state index contributed by atoms with van der Waals surface area (Å²) in [6.45, 7) is 6.63. The van der Waals surface area contributed by atoms with Crippen LogP contribution in [0.5, 0.6) is 0 Å². The Morgan fingerprint density at radius 3 is 2.43 bits per heavy atom. The van der Waals surface area contributed by atoms with Crippen LogP contribution in [0.25, 0.3) is 0 Å². The summed E-state index contributed by atoms with van der Waals surface area (Å²) < 4.78 is 0. The van der Waals surface area contributed by atoms with Crippen LogP contribution in [-0.2, 0) is 16.1 Å². The fourth-order valence-corrected chi connectivity index (χ4v) is 5.37. The summed E-state index contributed by atoms with van der Waals surface area (Å²) in [4.78, 5) is 43.5. The van der Waals surface area contributed by atoms with Crippen LogP contribution in [0.2, 0.25) is 0 Å². The summed E-state index contributed by atoms with van der Waals surface area (Å²) in [5.74, 6) is -0.716. The number of piperazine rings is 1. The molecule has 0 aromatic heterocycles. The first kappa shape index (κ1) is 19.5. The molecule has 2 N–H and O–H groups in total. The molecular weight excluding hydrogens is 382 g/mol. The van der Waals surface area contributed by atoms with Crippen LogP contribution >= 0.6 is 0 Å². The van der Waals surface area contributed by atoms with Crippen LogP contribution in [0.3, 0.4) is 0 Å². The maximum atomic E-state index is 13.0. The van der Waals surface area contributed by atoms with E-state index >= 15 is 0 Å². The van der Waals surface area contributed by atoms with E-state index in [2.05, 4.69) is 26.5 Å². The molecule has 4 aliphatic rings. The molecule has 8 heteroatoms. The Morgan fingerprint density at radius 1 is 0.933 bits per heavy atom. The summed E-state index contributed by atoms with van der Waals surface area (Å²) in [5.41, 5.74) is 2.82. The molecule has 0 aliphatic carbocycles. The summed E-state index contributed by atoms with van der Waals surface area (Å²) in [7, 11) is 0. The van der Waals surface area contributed by atoms with Crippen molar-refractivity contribution in [2.75, 3.05) is 44.2 Å². The van der Waals surface area contributed by atoms with Crippen molar-refractivity contribution in [3.8, 4) is 0 Å². The first-order valence-corrected chi connectivity index (χ1v) is 11.1. The highest BCUT2D eigenvalue weighted by molar-refractivity contribution is 6.06. The Labute approximate surface area is 176 Å². The van der Waals surface area contributed by atoms with E-state index in [0.717, 1.165) is 50.5 Å². The molecule has 1 aromatic carbocycles. The molecule has 4 heterocycles. The highest BCUT2D eigenvalue weighted by atomic mass is 16.2. The normalized spacial score (nSPS) is 26.1. The number of hydrogen-bond donors (Lipinski definition) is 2. The molecule has 3 amide bonds. The first-order chi connectivity index (χ1) is 14.6. The number of amides is 3. The number of nitrogens with zero attached hydrogens (tertiary/aromatic N) is 3. The van der Waals surface area contributed by atoms with Crippen LogP contribution in [-0.4, -0.2) is 78.9 Å². The van der Waals surface area contributed by atoms with Gasteiger partial charge in [0.25, 0.3) is 5.91 Å². The molecule has 0 saturated carbocycles. The predicted molar refractivity (Wildman–Crippen MR) is 112 cm³/mol. The second kappa shape index (κ2) is 8.00. The van der Waals surface area contributed by atoms with Crippen LogP contribution in [0.4, 0.5) is 5.69 Å². The molecule has 1 unspecified atom stereocenters. The van der Waals surface area contributed by atoms with E-state index in [9.17, 15) is 14.4 Å². The Bertz CT molecular complexity index is 858. The molecule has 0 bridgehead atoms. The number of fused-ring (bicyclic) bond motifs is 1. The Hall–Kier alpha value is -2.45.